The minimum atomic E-state index is -0.0224. The van der Waals surface area contributed by atoms with Crippen molar-refractivity contribution in [2.45, 2.75) is 51.0 Å². The van der Waals surface area contributed by atoms with E-state index in [0.29, 0.717) is 18.0 Å². The molecule has 0 saturated heterocycles. The molecule has 1 aromatic carbocycles. The number of nitrogens with one attached hydrogen (secondary N) is 2. The van der Waals surface area contributed by atoms with E-state index >= 15 is 0 Å². The zero-order valence-electron chi connectivity index (χ0n) is 14.8. The number of carbonyl (C=O) groups is 2. The number of amides is 2. The Hall–Kier alpha value is -1.88. The standard InChI is InChI=1S/C19H29N3O2/c1-22(2)14-6-9-18(23)20-17-12-10-15(11-13-17)19(24)21-16-7-4-3-5-8-16/h10-13,16H,3-9,14H2,1-2H3,(H,20,23)(H,21,24). The van der Waals surface area contributed by atoms with E-state index in [-0.39, 0.29) is 11.8 Å². The molecule has 0 aliphatic heterocycles. The van der Waals surface area contributed by atoms with Crippen LogP contribution in [0, 0.1) is 0 Å². The molecule has 5 heteroatoms. The van der Waals surface area contributed by atoms with Crippen LogP contribution in [-0.2, 0) is 4.79 Å². The van der Waals surface area contributed by atoms with Crippen molar-refractivity contribution in [3.8, 4) is 0 Å². The lowest BCUT2D eigenvalue weighted by Crippen LogP contribution is -2.36. The molecule has 2 rings (SSSR count). The molecule has 1 saturated carbocycles. The molecule has 1 fully saturated rings. The zero-order chi connectivity index (χ0) is 17.4. The van der Waals surface area contributed by atoms with E-state index in [0.717, 1.165) is 31.5 Å². The van der Waals surface area contributed by atoms with Gasteiger partial charge in [-0.3, -0.25) is 9.59 Å². The van der Waals surface area contributed by atoms with Crippen LogP contribution in [0.5, 0.6) is 0 Å². The number of rotatable bonds is 7. The monoisotopic (exact) mass is 331 g/mol. The molecule has 0 heterocycles. The fourth-order valence-corrected chi connectivity index (χ4v) is 3.00. The summed E-state index contributed by atoms with van der Waals surface area (Å²) in [6.07, 6.45) is 7.16. The van der Waals surface area contributed by atoms with Gasteiger partial charge in [0.15, 0.2) is 0 Å². The molecule has 0 aromatic heterocycles. The highest BCUT2D eigenvalue weighted by atomic mass is 16.2. The number of nitrogens with zero attached hydrogens (tertiary/aromatic N) is 1. The van der Waals surface area contributed by atoms with E-state index in [1.54, 1.807) is 24.3 Å². The number of benzene rings is 1. The second-order valence-electron chi connectivity index (χ2n) is 6.84. The van der Waals surface area contributed by atoms with Gasteiger partial charge in [-0.15, -0.1) is 0 Å². The number of carbonyl (C=O) groups excluding carboxylic acids is 2. The first-order valence-corrected chi connectivity index (χ1v) is 8.90. The summed E-state index contributed by atoms with van der Waals surface area (Å²) in [4.78, 5) is 26.2. The van der Waals surface area contributed by atoms with E-state index in [4.69, 9.17) is 0 Å². The van der Waals surface area contributed by atoms with Gasteiger partial charge in [-0.05, 0) is 64.2 Å². The van der Waals surface area contributed by atoms with E-state index < -0.39 is 0 Å². The molecule has 1 aliphatic rings. The van der Waals surface area contributed by atoms with Gasteiger partial charge in [0.25, 0.3) is 5.91 Å². The van der Waals surface area contributed by atoms with Crippen LogP contribution >= 0.6 is 0 Å². The minimum absolute atomic E-state index is 0.0104. The normalized spacial score (nSPS) is 15.3. The first-order valence-electron chi connectivity index (χ1n) is 8.90. The highest BCUT2D eigenvalue weighted by molar-refractivity contribution is 5.95. The Labute approximate surface area is 144 Å². The second-order valence-corrected chi connectivity index (χ2v) is 6.84. The van der Waals surface area contributed by atoms with Crippen LogP contribution < -0.4 is 10.6 Å². The third-order valence-corrected chi connectivity index (χ3v) is 4.38. The summed E-state index contributed by atoms with van der Waals surface area (Å²) in [7, 11) is 3.99. The Morgan fingerprint density at radius 2 is 1.75 bits per heavy atom. The van der Waals surface area contributed by atoms with Crippen LogP contribution in [0.15, 0.2) is 24.3 Å². The van der Waals surface area contributed by atoms with E-state index in [9.17, 15) is 9.59 Å². The summed E-state index contributed by atoms with van der Waals surface area (Å²) < 4.78 is 0. The molecule has 1 aliphatic carbocycles. The second kappa shape index (κ2) is 9.42. The van der Waals surface area contributed by atoms with Crippen LogP contribution in [0.3, 0.4) is 0 Å². The smallest absolute Gasteiger partial charge is 0.251 e. The highest BCUT2D eigenvalue weighted by Crippen LogP contribution is 2.18. The van der Waals surface area contributed by atoms with Crippen LogP contribution in [0.4, 0.5) is 5.69 Å². The zero-order valence-corrected chi connectivity index (χ0v) is 14.8. The maximum atomic E-state index is 12.2. The van der Waals surface area contributed by atoms with E-state index in [1.807, 2.05) is 14.1 Å². The number of anilines is 1. The first-order chi connectivity index (χ1) is 11.5. The third kappa shape index (κ3) is 6.32. The predicted octanol–water partition coefficient (Wildman–Crippen LogP) is 3.03. The SMILES string of the molecule is CN(C)CCCC(=O)Nc1ccc(C(=O)NC2CCCCC2)cc1. The Balaban J connectivity index is 1.79. The fraction of sp³-hybridized carbons (Fsp3) is 0.579. The molecular formula is C19H29N3O2. The van der Waals surface area contributed by atoms with E-state index in [1.165, 1.54) is 19.3 Å². The van der Waals surface area contributed by atoms with Crippen molar-refractivity contribution >= 4 is 17.5 Å². The summed E-state index contributed by atoms with van der Waals surface area (Å²) in [6, 6.07) is 7.43. The van der Waals surface area contributed by atoms with Gasteiger partial charge < -0.3 is 15.5 Å². The van der Waals surface area contributed by atoms with Crippen LogP contribution in [0.1, 0.15) is 55.3 Å². The average molecular weight is 331 g/mol. The molecule has 1 aromatic rings. The predicted molar refractivity (Wildman–Crippen MR) is 97.2 cm³/mol. The molecular weight excluding hydrogens is 302 g/mol. The van der Waals surface area contributed by atoms with Gasteiger partial charge in [0.2, 0.25) is 5.91 Å². The van der Waals surface area contributed by atoms with Gasteiger partial charge in [0.1, 0.15) is 0 Å². The lowest BCUT2D eigenvalue weighted by molar-refractivity contribution is -0.116. The van der Waals surface area contributed by atoms with Crippen molar-refractivity contribution in [2.24, 2.45) is 0 Å². The Bertz CT molecular complexity index is 534. The lowest BCUT2D eigenvalue weighted by atomic mass is 9.95. The van der Waals surface area contributed by atoms with Crippen molar-refractivity contribution in [3.05, 3.63) is 29.8 Å². The number of hydrogen-bond donors (Lipinski definition) is 2. The highest BCUT2D eigenvalue weighted by Gasteiger charge is 2.16. The summed E-state index contributed by atoms with van der Waals surface area (Å²) in [5.41, 5.74) is 1.38. The number of hydrogen-bond acceptors (Lipinski definition) is 3. The largest absolute Gasteiger partial charge is 0.349 e. The van der Waals surface area contributed by atoms with Crippen LogP contribution in [-0.4, -0.2) is 43.4 Å². The average Bonchev–Trinajstić information content (AvgIpc) is 2.56. The van der Waals surface area contributed by atoms with Crippen molar-refractivity contribution in [2.75, 3.05) is 26.0 Å². The van der Waals surface area contributed by atoms with Gasteiger partial charge in [0.05, 0.1) is 0 Å². The van der Waals surface area contributed by atoms with Crippen LogP contribution in [0.2, 0.25) is 0 Å². The van der Waals surface area contributed by atoms with Crippen LogP contribution in [0.25, 0.3) is 0 Å². The van der Waals surface area contributed by atoms with Gasteiger partial charge in [0, 0.05) is 23.7 Å². The topological polar surface area (TPSA) is 61.4 Å². The molecule has 2 N–H and O–H groups in total. The third-order valence-electron chi connectivity index (χ3n) is 4.38. The maximum Gasteiger partial charge on any atom is 0.251 e. The molecule has 24 heavy (non-hydrogen) atoms. The molecule has 0 radical (unpaired) electrons. The van der Waals surface area contributed by atoms with Crippen molar-refractivity contribution in [3.63, 3.8) is 0 Å². The molecule has 5 nitrogen and oxygen atoms in total. The van der Waals surface area contributed by atoms with Gasteiger partial charge in [-0.1, -0.05) is 19.3 Å². The van der Waals surface area contributed by atoms with E-state index in [2.05, 4.69) is 15.5 Å². The maximum absolute atomic E-state index is 12.2. The molecule has 0 atom stereocenters. The summed E-state index contributed by atoms with van der Waals surface area (Å²) >= 11 is 0. The van der Waals surface area contributed by atoms with Gasteiger partial charge in [-0.25, -0.2) is 0 Å². The summed E-state index contributed by atoms with van der Waals surface area (Å²) in [5, 5.41) is 5.98. The van der Waals surface area contributed by atoms with Gasteiger partial charge in [-0.2, -0.15) is 0 Å². The molecule has 0 bridgehead atoms. The molecule has 0 unspecified atom stereocenters. The fourth-order valence-electron chi connectivity index (χ4n) is 3.00. The van der Waals surface area contributed by atoms with Crippen molar-refractivity contribution in [1.82, 2.24) is 10.2 Å². The van der Waals surface area contributed by atoms with Crippen molar-refractivity contribution in [1.29, 1.82) is 0 Å². The minimum Gasteiger partial charge on any atom is -0.349 e. The Morgan fingerprint density at radius 3 is 2.38 bits per heavy atom. The Kier molecular flexibility index (Phi) is 7.25. The molecule has 2 amide bonds. The summed E-state index contributed by atoms with van der Waals surface area (Å²) in [6.45, 7) is 0.897. The summed E-state index contributed by atoms with van der Waals surface area (Å²) in [5.74, 6) is -0.0120. The Morgan fingerprint density at radius 1 is 1.08 bits per heavy atom. The molecule has 132 valence electrons. The van der Waals surface area contributed by atoms with Gasteiger partial charge >= 0.3 is 0 Å². The lowest BCUT2D eigenvalue weighted by Gasteiger charge is -2.22. The van der Waals surface area contributed by atoms with Crippen molar-refractivity contribution < 1.29 is 9.59 Å². The first kappa shape index (κ1) is 18.5. The quantitative estimate of drug-likeness (QED) is 0.807. The molecule has 0 spiro atoms.